The summed E-state index contributed by atoms with van der Waals surface area (Å²) >= 11 is 5.13. The van der Waals surface area contributed by atoms with Crippen molar-refractivity contribution in [2.75, 3.05) is 17.7 Å². The summed E-state index contributed by atoms with van der Waals surface area (Å²) in [4.78, 5) is 18.1. The lowest BCUT2D eigenvalue weighted by atomic mass is 10.2. The maximum atomic E-state index is 10.7. The van der Waals surface area contributed by atoms with Gasteiger partial charge in [-0.3, -0.25) is 15.1 Å². The summed E-state index contributed by atoms with van der Waals surface area (Å²) in [7, 11) is 1.42. The number of thiocarbonyl (C=S) groups is 1. The van der Waals surface area contributed by atoms with E-state index in [0.29, 0.717) is 17.3 Å². The normalized spacial score (nSPS) is 9.76. The number of hydrogen-bond donors (Lipinski definition) is 2. The van der Waals surface area contributed by atoms with Crippen LogP contribution >= 0.6 is 12.2 Å². The number of nitro groups is 1. The van der Waals surface area contributed by atoms with Crippen LogP contribution in [0.25, 0.3) is 0 Å². The maximum absolute atomic E-state index is 10.7. The van der Waals surface area contributed by atoms with E-state index >= 15 is 0 Å². The van der Waals surface area contributed by atoms with Gasteiger partial charge in [-0.25, -0.2) is 4.98 Å². The molecular weight excluding hydrogens is 294 g/mol. The van der Waals surface area contributed by atoms with Crippen LogP contribution in [-0.2, 0) is 0 Å². The van der Waals surface area contributed by atoms with Crippen LogP contribution in [0.1, 0.15) is 0 Å². The molecule has 2 aromatic rings. The maximum Gasteiger partial charge on any atom is 0.273 e. The third-order valence-electron chi connectivity index (χ3n) is 2.45. The van der Waals surface area contributed by atoms with Gasteiger partial charge in [0, 0.05) is 18.5 Å². The highest BCUT2D eigenvalue weighted by molar-refractivity contribution is 7.80. The highest BCUT2D eigenvalue weighted by atomic mass is 32.1. The summed E-state index contributed by atoms with van der Waals surface area (Å²) in [5.74, 6) is 0.795. The standard InChI is InChI=1S/C12H11N5O3S/c1-20-10-6-8(17(18)19)2-3-9(10)15-12(21)16-11-7-13-4-5-14-11/h2-7H,1H3,(H2,14,15,16,21). The van der Waals surface area contributed by atoms with Gasteiger partial charge in [0.2, 0.25) is 0 Å². The highest BCUT2D eigenvalue weighted by Gasteiger charge is 2.12. The third kappa shape index (κ3) is 3.83. The van der Waals surface area contributed by atoms with Crippen molar-refractivity contribution in [2.24, 2.45) is 0 Å². The molecule has 108 valence electrons. The van der Waals surface area contributed by atoms with Crippen LogP contribution in [0, 0.1) is 10.1 Å². The van der Waals surface area contributed by atoms with Gasteiger partial charge < -0.3 is 15.4 Å². The predicted octanol–water partition coefficient (Wildman–Crippen LogP) is 2.20. The van der Waals surface area contributed by atoms with Crippen molar-refractivity contribution in [2.45, 2.75) is 0 Å². The Bertz CT molecular complexity index is 665. The second-order valence-corrected chi connectivity index (χ2v) is 4.22. The van der Waals surface area contributed by atoms with E-state index in [1.807, 2.05) is 0 Å². The van der Waals surface area contributed by atoms with Gasteiger partial charge >= 0.3 is 0 Å². The molecule has 0 aliphatic heterocycles. The first kappa shape index (κ1) is 14.6. The minimum atomic E-state index is -0.498. The molecule has 0 saturated carbocycles. The molecule has 0 aliphatic carbocycles. The zero-order valence-electron chi connectivity index (χ0n) is 10.9. The van der Waals surface area contributed by atoms with Gasteiger partial charge in [-0.15, -0.1) is 0 Å². The lowest BCUT2D eigenvalue weighted by Gasteiger charge is -2.12. The lowest BCUT2D eigenvalue weighted by molar-refractivity contribution is -0.384. The first-order chi connectivity index (χ1) is 10.1. The number of nitro benzene ring substituents is 1. The average Bonchev–Trinajstić information content (AvgIpc) is 2.48. The second-order valence-electron chi connectivity index (χ2n) is 3.81. The fourth-order valence-corrected chi connectivity index (χ4v) is 1.74. The Morgan fingerprint density at radius 2 is 2.19 bits per heavy atom. The van der Waals surface area contributed by atoms with Crippen LogP contribution in [0.3, 0.4) is 0 Å². The second kappa shape index (κ2) is 6.57. The van der Waals surface area contributed by atoms with Gasteiger partial charge in [0.1, 0.15) is 5.75 Å². The number of nitrogens with zero attached hydrogens (tertiary/aromatic N) is 3. The molecule has 1 aromatic heterocycles. The average molecular weight is 305 g/mol. The molecule has 21 heavy (non-hydrogen) atoms. The van der Waals surface area contributed by atoms with Crippen LogP contribution < -0.4 is 15.4 Å². The Balaban J connectivity index is 2.12. The van der Waals surface area contributed by atoms with Gasteiger partial charge in [-0.05, 0) is 18.3 Å². The number of rotatable bonds is 4. The minimum absolute atomic E-state index is 0.0646. The number of anilines is 2. The molecule has 0 radical (unpaired) electrons. The monoisotopic (exact) mass is 305 g/mol. The SMILES string of the molecule is COc1cc([N+](=O)[O-])ccc1NC(=S)Nc1cnccn1. The molecule has 1 heterocycles. The first-order valence-corrected chi connectivity index (χ1v) is 6.17. The quantitative estimate of drug-likeness (QED) is 0.503. The molecule has 0 spiro atoms. The molecule has 2 N–H and O–H groups in total. The lowest BCUT2D eigenvalue weighted by Crippen LogP contribution is -2.20. The number of benzene rings is 1. The summed E-state index contributed by atoms with van der Waals surface area (Å²) < 4.78 is 5.10. The largest absolute Gasteiger partial charge is 0.494 e. The van der Waals surface area contributed by atoms with E-state index in [2.05, 4.69) is 20.6 Å². The molecule has 0 saturated heterocycles. The Hall–Kier alpha value is -2.81. The molecule has 1 aromatic carbocycles. The summed E-state index contributed by atoms with van der Waals surface area (Å²) in [5, 5.41) is 16.7. The van der Waals surface area contributed by atoms with Gasteiger partial charge in [0.15, 0.2) is 10.9 Å². The van der Waals surface area contributed by atoms with Crippen LogP contribution in [-0.4, -0.2) is 27.1 Å². The number of ether oxygens (including phenoxy) is 1. The van der Waals surface area contributed by atoms with E-state index in [0.717, 1.165) is 0 Å². The smallest absolute Gasteiger partial charge is 0.273 e. The van der Waals surface area contributed by atoms with Crippen molar-refractivity contribution < 1.29 is 9.66 Å². The van der Waals surface area contributed by atoms with Crippen LogP contribution in [0.2, 0.25) is 0 Å². The number of aromatic nitrogens is 2. The Morgan fingerprint density at radius 1 is 1.38 bits per heavy atom. The Kier molecular flexibility index (Phi) is 4.57. The number of nitrogens with one attached hydrogen (secondary N) is 2. The van der Waals surface area contributed by atoms with Crippen LogP contribution in [0.4, 0.5) is 17.2 Å². The molecular formula is C12H11N5O3S. The molecule has 0 atom stereocenters. The Morgan fingerprint density at radius 3 is 2.81 bits per heavy atom. The van der Waals surface area contributed by atoms with E-state index in [1.165, 1.54) is 37.7 Å². The number of methoxy groups -OCH3 is 1. The van der Waals surface area contributed by atoms with Gasteiger partial charge in [-0.2, -0.15) is 0 Å². The topological polar surface area (TPSA) is 102 Å². The van der Waals surface area contributed by atoms with E-state index in [1.54, 1.807) is 6.20 Å². The summed E-state index contributed by atoms with van der Waals surface area (Å²) in [6.07, 6.45) is 4.58. The van der Waals surface area contributed by atoms with Gasteiger partial charge in [-0.1, -0.05) is 0 Å². The van der Waals surface area contributed by atoms with Crippen molar-refractivity contribution >= 4 is 34.5 Å². The van der Waals surface area contributed by atoms with Crippen molar-refractivity contribution in [1.29, 1.82) is 0 Å². The number of non-ortho nitro benzene ring substituents is 1. The van der Waals surface area contributed by atoms with E-state index in [-0.39, 0.29) is 10.8 Å². The fourth-order valence-electron chi connectivity index (χ4n) is 1.53. The van der Waals surface area contributed by atoms with Crippen molar-refractivity contribution in [3.05, 3.63) is 46.9 Å². The van der Waals surface area contributed by atoms with E-state index < -0.39 is 4.92 Å². The molecule has 0 unspecified atom stereocenters. The van der Waals surface area contributed by atoms with Crippen molar-refractivity contribution in [3.8, 4) is 5.75 Å². The fraction of sp³-hybridized carbons (Fsp3) is 0.0833. The molecule has 0 amide bonds. The van der Waals surface area contributed by atoms with Crippen molar-refractivity contribution in [3.63, 3.8) is 0 Å². The zero-order chi connectivity index (χ0) is 15.2. The summed E-state index contributed by atoms with van der Waals surface area (Å²) in [6, 6.07) is 4.19. The van der Waals surface area contributed by atoms with Gasteiger partial charge in [0.05, 0.1) is 30.0 Å². The van der Waals surface area contributed by atoms with Crippen LogP contribution in [0.15, 0.2) is 36.8 Å². The summed E-state index contributed by atoms with van der Waals surface area (Å²) in [5.41, 5.74) is 0.440. The van der Waals surface area contributed by atoms with Crippen LogP contribution in [0.5, 0.6) is 5.75 Å². The first-order valence-electron chi connectivity index (χ1n) is 5.76. The molecule has 9 heteroatoms. The molecule has 8 nitrogen and oxygen atoms in total. The highest BCUT2D eigenvalue weighted by Crippen LogP contribution is 2.29. The molecule has 0 fully saturated rings. The summed E-state index contributed by atoms with van der Waals surface area (Å²) in [6.45, 7) is 0. The predicted molar refractivity (Wildman–Crippen MR) is 81.5 cm³/mol. The van der Waals surface area contributed by atoms with Gasteiger partial charge in [0.25, 0.3) is 5.69 Å². The number of hydrogen-bond acceptors (Lipinski definition) is 6. The molecule has 2 rings (SSSR count). The Labute approximate surface area is 125 Å². The van der Waals surface area contributed by atoms with Crippen molar-refractivity contribution in [1.82, 2.24) is 9.97 Å². The van der Waals surface area contributed by atoms with E-state index in [9.17, 15) is 10.1 Å². The minimum Gasteiger partial charge on any atom is -0.494 e. The molecule has 0 bridgehead atoms. The third-order valence-corrected chi connectivity index (χ3v) is 2.65. The zero-order valence-corrected chi connectivity index (χ0v) is 11.8. The molecule has 0 aliphatic rings. The van der Waals surface area contributed by atoms with E-state index in [4.69, 9.17) is 17.0 Å².